The monoisotopic (exact) mass is 1240 g/mol. The molecule has 0 aliphatic carbocycles. The van der Waals surface area contributed by atoms with E-state index in [1.165, 1.54) is 22.7 Å². The molecule has 8 aromatic carbocycles. The van der Waals surface area contributed by atoms with Gasteiger partial charge in [0.15, 0.2) is 0 Å². The summed E-state index contributed by atoms with van der Waals surface area (Å²) in [6, 6.07) is 80.0. The van der Waals surface area contributed by atoms with Crippen molar-refractivity contribution in [3.05, 3.63) is 275 Å². The van der Waals surface area contributed by atoms with Crippen molar-refractivity contribution in [1.29, 1.82) is 0 Å². The van der Waals surface area contributed by atoms with Crippen LogP contribution in [0.5, 0.6) is 0 Å². The van der Waals surface area contributed by atoms with E-state index in [2.05, 4.69) is 160 Å². The first-order chi connectivity index (χ1) is 32.6. The SMILES string of the molecule is CN1[CH-]N(c2[c-]cccc2)c2ccccc21.Cc1cn(-c2ccccc2)[c-]n1.[Pt].[Pt].[c-]1ccccc1N1[CH-]N(c2ccccc2)c2ccccc21.[c-]1nc(-c2ccccc2)cn1-c1ccccc1. The number of para-hydroxylation sites is 9. The number of hydrogen-bond acceptors (Lipinski definition) is 6. The van der Waals surface area contributed by atoms with Crippen LogP contribution in [0.1, 0.15) is 5.69 Å². The zero-order valence-corrected chi connectivity index (χ0v) is 41.8. The molecule has 10 heteroatoms. The molecule has 0 saturated heterocycles. The summed E-state index contributed by atoms with van der Waals surface area (Å²) >= 11 is 0. The fourth-order valence-corrected chi connectivity index (χ4v) is 7.48. The Morgan fingerprint density at radius 3 is 1.31 bits per heavy atom. The van der Waals surface area contributed by atoms with E-state index >= 15 is 0 Å². The van der Waals surface area contributed by atoms with Gasteiger partial charge in [0.25, 0.3) is 0 Å². The van der Waals surface area contributed by atoms with Gasteiger partial charge in [-0.1, -0.05) is 158 Å². The maximum atomic E-state index is 4.30. The Kier molecular flexibility index (Phi) is 17.2. The van der Waals surface area contributed by atoms with Gasteiger partial charge in [0.2, 0.25) is 0 Å². The smallest absolute Gasteiger partial charge is 0.0413 e. The van der Waals surface area contributed by atoms with Gasteiger partial charge < -0.3 is 38.7 Å². The predicted octanol–water partition coefficient (Wildman–Crippen LogP) is 13.4. The minimum absolute atomic E-state index is 0. The molecule has 0 unspecified atom stereocenters. The molecule has 0 amide bonds. The molecule has 0 atom stereocenters. The number of nitrogens with zero attached hydrogens (tertiary/aromatic N) is 8. The van der Waals surface area contributed by atoms with Gasteiger partial charge in [-0.2, -0.15) is 67.3 Å². The Labute approximate surface area is 429 Å². The van der Waals surface area contributed by atoms with Crippen molar-refractivity contribution >= 4 is 39.8 Å². The molecule has 8 nitrogen and oxygen atoms in total. The number of aryl methyl sites for hydroxylation is 1. The van der Waals surface area contributed by atoms with E-state index in [0.29, 0.717) is 0 Å². The number of hydrogen-bond donors (Lipinski definition) is 0. The average Bonchev–Trinajstić information content (AvgIpc) is 4.23. The van der Waals surface area contributed by atoms with E-state index in [9.17, 15) is 0 Å². The first kappa shape index (κ1) is 48.7. The molecule has 4 heterocycles. The number of aromatic nitrogens is 4. The number of imidazole rings is 2. The maximum absolute atomic E-state index is 4.30. The van der Waals surface area contributed by atoms with Crippen molar-refractivity contribution in [2.75, 3.05) is 26.6 Å². The molecule has 0 fully saturated rings. The quantitative estimate of drug-likeness (QED) is 0.155. The molecule has 68 heavy (non-hydrogen) atoms. The van der Waals surface area contributed by atoms with Crippen LogP contribution in [0.2, 0.25) is 0 Å². The van der Waals surface area contributed by atoms with E-state index in [1.807, 2.05) is 162 Å². The standard InChI is InChI=1S/C19H14N2.C15H11N2.C14H12N2.C10H9N2.2Pt/c1-3-9-16(10-4-1)20-15-21(17-11-5-2-6-12-17)19-14-8-7-13-18(19)20;1-3-7-13(8-4-1)15-11-17(12-16-15)14-9-5-2-6-10-14;1-15-11-16(12-7-3-2-4-8-12)14-10-6-5-9-13(14)15;1-9-7-12(8-11-9)10-5-3-2-4-6-10;;/h1-11,13-15H;1-11H;2-7,9-11H,1H3;2-7H,1H3;;/q-2;-1;-2;-1;;. The predicted molar refractivity (Wildman–Crippen MR) is 268 cm³/mol. The van der Waals surface area contributed by atoms with Crippen LogP contribution in [-0.4, -0.2) is 26.1 Å². The van der Waals surface area contributed by atoms with Crippen molar-refractivity contribution in [1.82, 2.24) is 19.1 Å². The van der Waals surface area contributed by atoms with Crippen LogP contribution in [0.3, 0.4) is 0 Å². The normalized spacial score (nSPS) is 11.8. The summed E-state index contributed by atoms with van der Waals surface area (Å²) in [4.78, 5) is 17.0. The Morgan fingerprint density at radius 1 is 0.397 bits per heavy atom. The van der Waals surface area contributed by atoms with Gasteiger partial charge in [-0.05, 0) is 66.1 Å². The first-order valence-electron chi connectivity index (χ1n) is 21.6. The number of anilines is 7. The Balaban J connectivity index is 0.000000135. The van der Waals surface area contributed by atoms with E-state index in [4.69, 9.17) is 0 Å². The third-order valence-corrected chi connectivity index (χ3v) is 10.7. The summed E-state index contributed by atoms with van der Waals surface area (Å²) in [5.41, 5.74) is 13.2. The van der Waals surface area contributed by atoms with Gasteiger partial charge in [-0.25, -0.2) is 0 Å². The Morgan fingerprint density at radius 2 is 0.809 bits per heavy atom. The van der Waals surface area contributed by atoms with Gasteiger partial charge in [0.1, 0.15) is 0 Å². The van der Waals surface area contributed by atoms with E-state index < -0.39 is 0 Å². The van der Waals surface area contributed by atoms with Crippen LogP contribution >= 0.6 is 0 Å². The fraction of sp³-hybridized carbons (Fsp3) is 0.0345. The van der Waals surface area contributed by atoms with Crippen LogP contribution in [0.15, 0.2) is 231 Å². The Hall–Kier alpha value is -7.24. The second-order valence-corrected chi connectivity index (χ2v) is 15.2. The van der Waals surface area contributed by atoms with Crippen LogP contribution in [0, 0.1) is 45.0 Å². The molecule has 344 valence electrons. The first-order valence-corrected chi connectivity index (χ1v) is 21.6. The van der Waals surface area contributed by atoms with Crippen LogP contribution in [0.4, 0.5) is 39.8 Å². The summed E-state index contributed by atoms with van der Waals surface area (Å²) in [6.07, 6.45) is 9.82. The summed E-state index contributed by atoms with van der Waals surface area (Å²) in [5.74, 6) is 0. The zero-order chi connectivity index (χ0) is 44.9. The van der Waals surface area contributed by atoms with Gasteiger partial charge in [0, 0.05) is 83.2 Å². The van der Waals surface area contributed by atoms with Crippen LogP contribution in [0.25, 0.3) is 22.6 Å². The Bertz CT molecular complexity index is 2910. The second-order valence-electron chi connectivity index (χ2n) is 15.2. The molecule has 0 bridgehead atoms. The molecule has 2 aliphatic heterocycles. The molecule has 12 rings (SSSR count). The van der Waals surface area contributed by atoms with E-state index in [0.717, 1.165) is 45.4 Å². The van der Waals surface area contributed by atoms with E-state index in [1.54, 1.807) is 0 Å². The molecular weight excluding hydrogens is 1200 g/mol. The average molecular weight is 1250 g/mol. The third kappa shape index (κ3) is 11.8. The van der Waals surface area contributed by atoms with Crippen molar-refractivity contribution in [2.45, 2.75) is 6.92 Å². The molecule has 0 N–H and O–H groups in total. The molecule has 10 aromatic rings. The molecule has 2 aromatic heterocycles. The maximum Gasteiger partial charge on any atom is 0.0413 e. The van der Waals surface area contributed by atoms with Gasteiger partial charge in [-0.3, -0.25) is 0 Å². The summed E-state index contributed by atoms with van der Waals surface area (Å²) in [5, 5.41) is 0. The number of benzene rings is 8. The largest absolute Gasteiger partial charge is 0.504 e. The minimum atomic E-state index is 0. The van der Waals surface area contributed by atoms with Gasteiger partial charge in [-0.15, -0.1) is 18.0 Å². The van der Waals surface area contributed by atoms with E-state index in [-0.39, 0.29) is 42.1 Å². The van der Waals surface area contributed by atoms with Gasteiger partial charge in [0.05, 0.1) is 0 Å². The molecular formula is C58H46N8Pt2-6. The fourth-order valence-electron chi connectivity index (χ4n) is 7.48. The number of rotatable bonds is 6. The van der Waals surface area contributed by atoms with Crippen molar-refractivity contribution < 1.29 is 42.1 Å². The minimum Gasteiger partial charge on any atom is -0.504 e. The topological polar surface area (TPSA) is 48.6 Å². The van der Waals surface area contributed by atoms with Crippen molar-refractivity contribution in [3.8, 4) is 22.6 Å². The van der Waals surface area contributed by atoms with Crippen LogP contribution < -0.4 is 19.6 Å². The molecule has 0 radical (unpaired) electrons. The molecule has 0 spiro atoms. The second kappa shape index (κ2) is 24.0. The molecule has 0 saturated carbocycles. The zero-order valence-electron chi connectivity index (χ0n) is 37.3. The third-order valence-electron chi connectivity index (χ3n) is 10.7. The number of fused-ring (bicyclic) bond motifs is 2. The molecule has 2 aliphatic rings. The van der Waals surface area contributed by atoms with Crippen molar-refractivity contribution in [3.63, 3.8) is 0 Å². The van der Waals surface area contributed by atoms with Crippen molar-refractivity contribution in [2.24, 2.45) is 0 Å². The van der Waals surface area contributed by atoms with Crippen LogP contribution in [-0.2, 0) is 42.1 Å². The summed E-state index contributed by atoms with van der Waals surface area (Å²) < 4.78 is 3.79. The van der Waals surface area contributed by atoms with Gasteiger partial charge >= 0.3 is 0 Å². The summed E-state index contributed by atoms with van der Waals surface area (Å²) in [7, 11) is 2.06. The summed E-state index contributed by atoms with van der Waals surface area (Å²) in [6.45, 7) is 6.15.